The first-order chi connectivity index (χ1) is 13.3. The standard InChI is InChI=1S/C21H18N6/c1-26(17-9-2-5-14-22-17)20-12-8-13-21(25-20)27(18-10-3-6-15-23-18)19-11-4-7-16-24-19/h2-16H,1H3. The van der Waals surface area contributed by atoms with Crippen LogP contribution in [0.15, 0.2) is 91.4 Å². The molecule has 4 aromatic rings. The summed E-state index contributed by atoms with van der Waals surface area (Å²) in [5, 5.41) is 0. The number of pyridine rings is 4. The second-order valence-corrected chi connectivity index (χ2v) is 5.81. The van der Waals surface area contributed by atoms with Crippen LogP contribution in [-0.4, -0.2) is 27.0 Å². The normalized spacial score (nSPS) is 10.4. The van der Waals surface area contributed by atoms with E-state index in [0.29, 0.717) is 0 Å². The van der Waals surface area contributed by atoms with Crippen molar-refractivity contribution < 1.29 is 0 Å². The Balaban J connectivity index is 1.77. The molecular formula is C21H18N6. The Morgan fingerprint density at radius 1 is 0.519 bits per heavy atom. The van der Waals surface area contributed by atoms with Crippen molar-refractivity contribution in [2.24, 2.45) is 0 Å². The van der Waals surface area contributed by atoms with E-state index < -0.39 is 0 Å². The van der Waals surface area contributed by atoms with Crippen molar-refractivity contribution in [1.29, 1.82) is 0 Å². The number of nitrogens with zero attached hydrogens (tertiary/aromatic N) is 6. The number of aromatic nitrogens is 4. The molecule has 0 aromatic carbocycles. The number of hydrogen-bond donors (Lipinski definition) is 0. The number of rotatable bonds is 5. The lowest BCUT2D eigenvalue weighted by Gasteiger charge is -2.24. The molecule has 0 aliphatic heterocycles. The van der Waals surface area contributed by atoms with Gasteiger partial charge in [0.1, 0.15) is 29.1 Å². The van der Waals surface area contributed by atoms with Gasteiger partial charge < -0.3 is 4.90 Å². The lowest BCUT2D eigenvalue weighted by molar-refractivity contribution is 1.04. The summed E-state index contributed by atoms with van der Waals surface area (Å²) in [6, 6.07) is 23.2. The second kappa shape index (κ2) is 7.61. The molecule has 0 bridgehead atoms. The molecule has 132 valence electrons. The van der Waals surface area contributed by atoms with Gasteiger partial charge in [0, 0.05) is 25.6 Å². The summed E-state index contributed by atoms with van der Waals surface area (Å²) < 4.78 is 0. The van der Waals surface area contributed by atoms with Crippen molar-refractivity contribution in [3.8, 4) is 0 Å². The molecule has 0 aliphatic carbocycles. The van der Waals surface area contributed by atoms with Crippen molar-refractivity contribution in [3.05, 3.63) is 91.4 Å². The van der Waals surface area contributed by atoms with Gasteiger partial charge in [0.2, 0.25) is 0 Å². The highest BCUT2D eigenvalue weighted by atomic mass is 15.3. The molecule has 0 fully saturated rings. The first kappa shape index (κ1) is 16.7. The van der Waals surface area contributed by atoms with E-state index in [1.165, 1.54) is 0 Å². The fraction of sp³-hybridized carbons (Fsp3) is 0.0476. The van der Waals surface area contributed by atoms with Crippen LogP contribution in [0, 0.1) is 0 Å². The summed E-state index contributed by atoms with van der Waals surface area (Å²) in [4.78, 5) is 22.1. The van der Waals surface area contributed by atoms with E-state index in [1.807, 2.05) is 89.6 Å². The molecule has 4 aromatic heterocycles. The molecule has 4 heterocycles. The van der Waals surface area contributed by atoms with Gasteiger partial charge in [-0.1, -0.05) is 24.3 Å². The second-order valence-electron chi connectivity index (χ2n) is 5.81. The molecule has 0 unspecified atom stereocenters. The molecule has 0 spiro atoms. The fourth-order valence-electron chi connectivity index (χ4n) is 2.72. The van der Waals surface area contributed by atoms with Gasteiger partial charge in [0.25, 0.3) is 0 Å². The van der Waals surface area contributed by atoms with Gasteiger partial charge >= 0.3 is 0 Å². The minimum Gasteiger partial charge on any atom is -0.314 e. The topological polar surface area (TPSA) is 58.0 Å². The highest BCUT2D eigenvalue weighted by Gasteiger charge is 2.17. The molecule has 0 amide bonds. The predicted octanol–water partition coefficient (Wildman–Crippen LogP) is 4.50. The summed E-state index contributed by atoms with van der Waals surface area (Å²) in [6.45, 7) is 0. The van der Waals surface area contributed by atoms with E-state index in [1.54, 1.807) is 18.6 Å². The highest BCUT2D eigenvalue weighted by Crippen LogP contribution is 2.31. The van der Waals surface area contributed by atoms with Crippen LogP contribution in [0.1, 0.15) is 0 Å². The summed E-state index contributed by atoms with van der Waals surface area (Å²) in [5.41, 5.74) is 0. The zero-order chi connectivity index (χ0) is 18.5. The van der Waals surface area contributed by atoms with Crippen molar-refractivity contribution in [3.63, 3.8) is 0 Å². The Kier molecular flexibility index (Phi) is 4.70. The third-order valence-corrected chi connectivity index (χ3v) is 4.04. The first-order valence-corrected chi connectivity index (χ1v) is 8.57. The Morgan fingerprint density at radius 2 is 1.00 bits per heavy atom. The van der Waals surface area contributed by atoms with Crippen molar-refractivity contribution in [2.75, 3.05) is 16.8 Å². The maximum Gasteiger partial charge on any atom is 0.142 e. The van der Waals surface area contributed by atoms with Crippen LogP contribution in [0.5, 0.6) is 0 Å². The largest absolute Gasteiger partial charge is 0.314 e. The van der Waals surface area contributed by atoms with Crippen LogP contribution < -0.4 is 9.80 Å². The average Bonchev–Trinajstić information content (AvgIpc) is 2.76. The van der Waals surface area contributed by atoms with Crippen LogP contribution in [0.3, 0.4) is 0 Å². The smallest absolute Gasteiger partial charge is 0.142 e. The van der Waals surface area contributed by atoms with Gasteiger partial charge in [-0.2, -0.15) is 0 Å². The fourth-order valence-corrected chi connectivity index (χ4v) is 2.72. The van der Waals surface area contributed by atoms with Gasteiger partial charge in [-0.3, -0.25) is 4.90 Å². The lowest BCUT2D eigenvalue weighted by atomic mass is 10.3. The molecule has 27 heavy (non-hydrogen) atoms. The van der Waals surface area contributed by atoms with Crippen molar-refractivity contribution in [1.82, 2.24) is 19.9 Å². The zero-order valence-electron chi connectivity index (χ0n) is 14.8. The van der Waals surface area contributed by atoms with Gasteiger partial charge in [-0.05, 0) is 48.5 Å². The third kappa shape index (κ3) is 3.59. The minimum absolute atomic E-state index is 0.729. The Hall–Kier alpha value is -3.80. The van der Waals surface area contributed by atoms with Crippen LogP contribution in [0.25, 0.3) is 0 Å². The molecule has 0 N–H and O–H groups in total. The maximum atomic E-state index is 4.83. The summed E-state index contributed by atoms with van der Waals surface area (Å²) >= 11 is 0. The highest BCUT2D eigenvalue weighted by molar-refractivity contribution is 5.70. The zero-order valence-corrected chi connectivity index (χ0v) is 14.8. The van der Waals surface area contributed by atoms with E-state index in [0.717, 1.165) is 29.1 Å². The van der Waals surface area contributed by atoms with Gasteiger partial charge in [-0.25, -0.2) is 19.9 Å². The number of hydrogen-bond acceptors (Lipinski definition) is 6. The van der Waals surface area contributed by atoms with Crippen LogP contribution in [0.4, 0.5) is 29.1 Å². The molecule has 6 nitrogen and oxygen atoms in total. The predicted molar refractivity (Wildman–Crippen MR) is 107 cm³/mol. The molecule has 0 saturated heterocycles. The van der Waals surface area contributed by atoms with Crippen LogP contribution >= 0.6 is 0 Å². The maximum absolute atomic E-state index is 4.83. The quantitative estimate of drug-likeness (QED) is 0.526. The van der Waals surface area contributed by atoms with Crippen LogP contribution in [0.2, 0.25) is 0 Å². The molecule has 0 atom stereocenters. The molecular weight excluding hydrogens is 336 g/mol. The monoisotopic (exact) mass is 354 g/mol. The molecule has 4 rings (SSSR count). The summed E-state index contributed by atoms with van der Waals surface area (Å²) in [6.07, 6.45) is 5.29. The number of anilines is 5. The third-order valence-electron chi connectivity index (χ3n) is 4.04. The van der Waals surface area contributed by atoms with E-state index in [9.17, 15) is 0 Å². The molecule has 0 aliphatic rings. The average molecular weight is 354 g/mol. The molecule has 0 saturated carbocycles. The Morgan fingerprint density at radius 3 is 1.52 bits per heavy atom. The van der Waals surface area contributed by atoms with E-state index in [-0.39, 0.29) is 0 Å². The van der Waals surface area contributed by atoms with E-state index in [4.69, 9.17) is 4.98 Å². The van der Waals surface area contributed by atoms with Crippen LogP contribution in [-0.2, 0) is 0 Å². The summed E-state index contributed by atoms with van der Waals surface area (Å²) in [5.74, 6) is 3.84. The Labute approximate surface area is 157 Å². The lowest BCUT2D eigenvalue weighted by Crippen LogP contribution is -2.17. The first-order valence-electron chi connectivity index (χ1n) is 8.57. The van der Waals surface area contributed by atoms with Gasteiger partial charge in [-0.15, -0.1) is 0 Å². The van der Waals surface area contributed by atoms with E-state index >= 15 is 0 Å². The summed E-state index contributed by atoms with van der Waals surface area (Å²) in [7, 11) is 1.94. The Bertz CT molecular complexity index is 953. The van der Waals surface area contributed by atoms with E-state index in [2.05, 4.69) is 15.0 Å². The SMILES string of the molecule is CN(c1ccccn1)c1cccc(N(c2ccccn2)c2ccccn2)n1. The van der Waals surface area contributed by atoms with Gasteiger partial charge in [0.15, 0.2) is 0 Å². The van der Waals surface area contributed by atoms with Crippen molar-refractivity contribution in [2.45, 2.75) is 0 Å². The minimum atomic E-state index is 0.729. The molecule has 6 heteroatoms. The molecule has 0 radical (unpaired) electrons. The van der Waals surface area contributed by atoms with Crippen molar-refractivity contribution >= 4 is 29.1 Å². The van der Waals surface area contributed by atoms with Gasteiger partial charge in [0.05, 0.1) is 0 Å².